The molecule has 0 saturated heterocycles. The lowest BCUT2D eigenvalue weighted by molar-refractivity contribution is 0.0950. The number of nitrogens with one attached hydrogen (secondary N) is 2. The van der Waals surface area contributed by atoms with Crippen molar-refractivity contribution < 1.29 is 14.3 Å². The summed E-state index contributed by atoms with van der Waals surface area (Å²) >= 11 is 0. The quantitative estimate of drug-likeness (QED) is 0.649. The van der Waals surface area contributed by atoms with Gasteiger partial charge < -0.3 is 20.1 Å². The minimum Gasteiger partial charge on any atom is -0.497 e. The van der Waals surface area contributed by atoms with Gasteiger partial charge in [-0.1, -0.05) is 29.8 Å². The van der Waals surface area contributed by atoms with Crippen LogP contribution in [0, 0.1) is 6.92 Å². The molecule has 28 heavy (non-hydrogen) atoms. The Hall–Kier alpha value is -3.54. The van der Waals surface area contributed by atoms with E-state index in [4.69, 9.17) is 9.47 Å². The maximum absolute atomic E-state index is 12.5. The molecule has 2 N–H and O–H groups in total. The maximum atomic E-state index is 12.5. The highest BCUT2D eigenvalue weighted by Crippen LogP contribution is 2.31. The molecule has 0 aliphatic heterocycles. The third-order valence-electron chi connectivity index (χ3n) is 4.22. The molecule has 6 nitrogen and oxygen atoms in total. The van der Waals surface area contributed by atoms with Gasteiger partial charge in [0.15, 0.2) is 0 Å². The van der Waals surface area contributed by atoms with Gasteiger partial charge in [0.05, 0.1) is 37.4 Å². The maximum Gasteiger partial charge on any atom is 0.253 e. The van der Waals surface area contributed by atoms with Crippen LogP contribution >= 0.6 is 0 Å². The van der Waals surface area contributed by atoms with Gasteiger partial charge in [0.25, 0.3) is 5.91 Å². The molecule has 0 aliphatic carbocycles. The van der Waals surface area contributed by atoms with E-state index in [0.29, 0.717) is 29.3 Å². The van der Waals surface area contributed by atoms with E-state index >= 15 is 0 Å². The normalized spacial score (nSPS) is 10.2. The summed E-state index contributed by atoms with van der Waals surface area (Å²) in [5, 5.41) is 6.15. The summed E-state index contributed by atoms with van der Waals surface area (Å²) in [6.07, 6.45) is 3.20. The fourth-order valence-corrected chi connectivity index (χ4v) is 2.80. The van der Waals surface area contributed by atoms with E-state index in [1.165, 1.54) is 0 Å². The van der Waals surface area contributed by atoms with Crippen LogP contribution in [0.15, 0.2) is 60.9 Å². The second-order valence-electron chi connectivity index (χ2n) is 6.33. The highest BCUT2D eigenvalue weighted by Gasteiger charge is 2.09. The van der Waals surface area contributed by atoms with Crippen molar-refractivity contribution in [3.05, 3.63) is 77.6 Å². The molecule has 0 unspecified atom stereocenters. The summed E-state index contributed by atoms with van der Waals surface area (Å²) < 4.78 is 10.6. The van der Waals surface area contributed by atoms with Crippen LogP contribution in [0.5, 0.6) is 11.5 Å². The number of amides is 1. The van der Waals surface area contributed by atoms with Crippen LogP contribution in [0.3, 0.4) is 0 Å². The van der Waals surface area contributed by atoms with Gasteiger partial charge in [-0.15, -0.1) is 0 Å². The first-order valence-corrected chi connectivity index (χ1v) is 8.87. The number of ether oxygens (including phenoxy) is 2. The van der Waals surface area contributed by atoms with Crippen molar-refractivity contribution in [2.75, 3.05) is 19.5 Å². The Morgan fingerprint density at radius 2 is 1.89 bits per heavy atom. The van der Waals surface area contributed by atoms with Gasteiger partial charge in [0.1, 0.15) is 11.5 Å². The molecule has 0 radical (unpaired) electrons. The van der Waals surface area contributed by atoms with Crippen LogP contribution in [-0.4, -0.2) is 25.1 Å². The molecule has 1 heterocycles. The summed E-state index contributed by atoms with van der Waals surface area (Å²) in [4.78, 5) is 16.7. The van der Waals surface area contributed by atoms with Crippen LogP contribution < -0.4 is 20.1 Å². The van der Waals surface area contributed by atoms with Gasteiger partial charge in [-0.25, -0.2) is 0 Å². The average molecular weight is 377 g/mol. The lowest BCUT2D eigenvalue weighted by atomic mass is 10.1. The molecule has 6 heteroatoms. The van der Waals surface area contributed by atoms with E-state index < -0.39 is 0 Å². The minimum atomic E-state index is -0.181. The number of benzene rings is 2. The zero-order valence-corrected chi connectivity index (χ0v) is 16.2. The topological polar surface area (TPSA) is 72.5 Å². The fraction of sp³-hybridized carbons (Fsp3) is 0.182. The van der Waals surface area contributed by atoms with E-state index in [2.05, 4.69) is 15.6 Å². The van der Waals surface area contributed by atoms with Crippen molar-refractivity contribution in [2.45, 2.75) is 13.5 Å². The van der Waals surface area contributed by atoms with Gasteiger partial charge in [0, 0.05) is 18.8 Å². The second-order valence-corrected chi connectivity index (χ2v) is 6.33. The number of rotatable bonds is 7. The Morgan fingerprint density at radius 3 is 2.64 bits per heavy atom. The molecule has 1 aromatic heterocycles. The molecule has 0 spiro atoms. The van der Waals surface area contributed by atoms with E-state index in [9.17, 15) is 4.79 Å². The largest absolute Gasteiger partial charge is 0.497 e. The lowest BCUT2D eigenvalue weighted by Crippen LogP contribution is -2.23. The molecule has 3 aromatic rings. The molecule has 0 atom stereocenters. The number of methoxy groups -OCH3 is 2. The first-order chi connectivity index (χ1) is 13.6. The third kappa shape index (κ3) is 4.79. The van der Waals surface area contributed by atoms with E-state index in [1.54, 1.807) is 38.7 Å². The standard InChI is InChI=1S/C22H23N3O3/c1-15-5-4-6-16(9-15)12-24-22(26)17-10-18(14-23-13-17)25-20-8-7-19(27-2)11-21(20)28-3/h4-11,13-14,25H,12H2,1-3H3,(H,24,26). The zero-order chi connectivity index (χ0) is 19.9. The molecule has 0 bridgehead atoms. The van der Waals surface area contributed by atoms with E-state index in [-0.39, 0.29) is 5.91 Å². The molecule has 144 valence electrons. The Balaban J connectivity index is 1.70. The number of hydrogen-bond donors (Lipinski definition) is 2. The number of anilines is 2. The summed E-state index contributed by atoms with van der Waals surface area (Å²) in [7, 11) is 3.19. The lowest BCUT2D eigenvalue weighted by Gasteiger charge is -2.13. The van der Waals surface area contributed by atoms with Crippen molar-refractivity contribution in [2.24, 2.45) is 0 Å². The van der Waals surface area contributed by atoms with Gasteiger partial charge in [-0.3, -0.25) is 9.78 Å². The molecular weight excluding hydrogens is 354 g/mol. The first kappa shape index (κ1) is 19.2. The van der Waals surface area contributed by atoms with Crippen LogP contribution in [0.2, 0.25) is 0 Å². The predicted octanol–water partition coefficient (Wildman–Crippen LogP) is 4.08. The van der Waals surface area contributed by atoms with Crippen LogP contribution in [0.25, 0.3) is 0 Å². The van der Waals surface area contributed by atoms with E-state index in [1.807, 2.05) is 43.3 Å². The van der Waals surface area contributed by atoms with Crippen molar-refractivity contribution in [3.8, 4) is 11.5 Å². The minimum absolute atomic E-state index is 0.181. The Labute approximate surface area is 164 Å². The second kappa shape index (κ2) is 8.90. The predicted molar refractivity (Wildman–Crippen MR) is 109 cm³/mol. The molecular formula is C22H23N3O3. The number of carbonyl (C=O) groups excluding carboxylic acids is 1. The number of pyridine rings is 1. The Morgan fingerprint density at radius 1 is 1.04 bits per heavy atom. The monoisotopic (exact) mass is 377 g/mol. The average Bonchev–Trinajstić information content (AvgIpc) is 2.72. The highest BCUT2D eigenvalue weighted by molar-refractivity contribution is 5.94. The number of nitrogens with zero attached hydrogens (tertiary/aromatic N) is 1. The number of carbonyl (C=O) groups is 1. The summed E-state index contributed by atoms with van der Waals surface area (Å²) in [5.74, 6) is 1.15. The Kier molecular flexibility index (Phi) is 6.11. The molecule has 0 saturated carbocycles. The van der Waals surface area contributed by atoms with Gasteiger partial charge in [-0.05, 0) is 30.7 Å². The summed E-state index contributed by atoms with van der Waals surface area (Å²) in [6, 6.07) is 15.3. The number of aryl methyl sites for hydroxylation is 1. The van der Waals surface area contributed by atoms with Crippen molar-refractivity contribution in [1.29, 1.82) is 0 Å². The van der Waals surface area contributed by atoms with Crippen molar-refractivity contribution in [3.63, 3.8) is 0 Å². The molecule has 0 aliphatic rings. The first-order valence-electron chi connectivity index (χ1n) is 8.87. The SMILES string of the molecule is COc1ccc(Nc2cncc(C(=O)NCc3cccc(C)c3)c2)c(OC)c1. The van der Waals surface area contributed by atoms with Gasteiger partial charge in [-0.2, -0.15) is 0 Å². The van der Waals surface area contributed by atoms with Crippen LogP contribution in [-0.2, 0) is 6.54 Å². The van der Waals surface area contributed by atoms with Crippen molar-refractivity contribution in [1.82, 2.24) is 10.3 Å². The summed E-state index contributed by atoms with van der Waals surface area (Å²) in [5.41, 5.74) is 4.13. The molecule has 0 fully saturated rings. The van der Waals surface area contributed by atoms with Gasteiger partial charge >= 0.3 is 0 Å². The summed E-state index contributed by atoms with van der Waals surface area (Å²) in [6.45, 7) is 2.49. The fourth-order valence-electron chi connectivity index (χ4n) is 2.80. The van der Waals surface area contributed by atoms with E-state index in [0.717, 1.165) is 16.8 Å². The van der Waals surface area contributed by atoms with Crippen LogP contribution in [0.1, 0.15) is 21.5 Å². The molecule has 2 aromatic carbocycles. The Bertz CT molecular complexity index is 973. The number of aromatic nitrogens is 1. The van der Waals surface area contributed by atoms with Crippen molar-refractivity contribution >= 4 is 17.3 Å². The van der Waals surface area contributed by atoms with Crippen LogP contribution in [0.4, 0.5) is 11.4 Å². The number of hydrogen-bond acceptors (Lipinski definition) is 5. The van der Waals surface area contributed by atoms with Gasteiger partial charge in [0.2, 0.25) is 0 Å². The molecule has 1 amide bonds. The smallest absolute Gasteiger partial charge is 0.253 e. The zero-order valence-electron chi connectivity index (χ0n) is 16.2. The third-order valence-corrected chi connectivity index (χ3v) is 4.22. The molecule has 3 rings (SSSR count). The highest BCUT2D eigenvalue weighted by atomic mass is 16.5.